The Hall–Kier alpha value is -1.13. The normalized spacial score (nSPS) is 11.5. The maximum absolute atomic E-state index is 4.07. The summed E-state index contributed by atoms with van der Waals surface area (Å²) < 4.78 is 0. The van der Waals surface area contributed by atoms with Crippen LogP contribution in [0.15, 0.2) is 42.0 Å². The van der Waals surface area contributed by atoms with Crippen LogP contribution in [0.1, 0.15) is 63.1 Å². The van der Waals surface area contributed by atoms with E-state index < -0.39 is 0 Å². The first-order chi connectivity index (χ1) is 10.0. The second kappa shape index (κ2) is 9.00. The summed E-state index contributed by atoms with van der Waals surface area (Å²) in [6.07, 6.45) is 8.54. The van der Waals surface area contributed by atoms with Gasteiger partial charge in [-0.15, -0.1) is 8.86 Å². The number of aryl methyl sites for hydroxylation is 2. The standard InChI is InChI=1S/C20H29P/c1-6-8-9-10-11-17-13-12-16(5)19(14-17)20(21)18(7-2)15(3)4/h7,12-14,21H,3,6,8-11H2,1-2,4-5H3/b18-7-. The van der Waals surface area contributed by atoms with Gasteiger partial charge in [-0.2, -0.15) is 0 Å². The van der Waals surface area contributed by atoms with E-state index in [9.17, 15) is 0 Å². The van der Waals surface area contributed by atoms with Crippen LogP contribution in [0.4, 0.5) is 0 Å². The van der Waals surface area contributed by atoms with E-state index >= 15 is 0 Å². The third kappa shape index (κ3) is 5.29. The van der Waals surface area contributed by atoms with Crippen LogP contribution in [0.3, 0.4) is 0 Å². The Morgan fingerprint density at radius 2 is 1.95 bits per heavy atom. The topological polar surface area (TPSA) is 0 Å². The van der Waals surface area contributed by atoms with Gasteiger partial charge in [-0.05, 0) is 55.9 Å². The molecule has 1 aromatic carbocycles. The predicted molar refractivity (Wildman–Crippen MR) is 100 cm³/mol. The number of rotatable bonds is 8. The lowest BCUT2D eigenvalue weighted by Gasteiger charge is -2.14. The van der Waals surface area contributed by atoms with Crippen LogP contribution < -0.4 is 0 Å². The maximum atomic E-state index is 4.07. The Morgan fingerprint density at radius 3 is 2.52 bits per heavy atom. The minimum atomic E-state index is 1.09. The van der Waals surface area contributed by atoms with Gasteiger partial charge >= 0.3 is 0 Å². The number of hydrogen-bond donors (Lipinski definition) is 0. The van der Waals surface area contributed by atoms with Gasteiger partial charge in [-0.1, -0.05) is 62.6 Å². The Morgan fingerprint density at radius 1 is 1.24 bits per heavy atom. The van der Waals surface area contributed by atoms with Gasteiger partial charge in [0.15, 0.2) is 0 Å². The fourth-order valence-corrected chi connectivity index (χ4v) is 3.23. The molecule has 0 spiro atoms. The fraction of sp³-hybridized carbons (Fsp3) is 0.450. The summed E-state index contributed by atoms with van der Waals surface area (Å²) in [5.41, 5.74) is 6.31. The van der Waals surface area contributed by atoms with Crippen LogP contribution in [0.5, 0.6) is 0 Å². The molecule has 0 N–H and O–H groups in total. The fourth-order valence-electron chi connectivity index (χ4n) is 2.60. The third-order valence-corrected chi connectivity index (χ3v) is 4.45. The number of benzene rings is 1. The summed E-state index contributed by atoms with van der Waals surface area (Å²) in [4.78, 5) is 0. The largest absolute Gasteiger partial charge is 0.113 e. The average molecular weight is 300 g/mol. The zero-order chi connectivity index (χ0) is 15.8. The number of allylic oxidation sites excluding steroid dienone is 3. The molecule has 0 aliphatic rings. The van der Waals surface area contributed by atoms with E-state index in [2.05, 4.69) is 67.4 Å². The smallest absolute Gasteiger partial charge is 0.00912 e. The second-order valence-corrected chi connectivity index (χ2v) is 6.32. The van der Waals surface area contributed by atoms with Gasteiger partial charge in [0.05, 0.1) is 0 Å². The Labute approximate surface area is 133 Å². The molecule has 0 aliphatic carbocycles. The molecule has 0 fully saturated rings. The highest BCUT2D eigenvalue weighted by atomic mass is 31.0. The summed E-state index contributed by atoms with van der Waals surface area (Å²) in [7, 11) is 3.84. The number of unbranched alkanes of at least 4 members (excludes halogenated alkanes) is 3. The summed E-state index contributed by atoms with van der Waals surface area (Å²) in [6.45, 7) is 12.6. The summed E-state index contributed by atoms with van der Waals surface area (Å²) in [5.74, 6) is 0. The first kappa shape index (κ1) is 17.9. The highest BCUT2D eigenvalue weighted by molar-refractivity contribution is 7.23. The zero-order valence-electron chi connectivity index (χ0n) is 14.1. The SMILES string of the molecule is C=C(C)/C(=C/C)C(=P)c1cc(CCCCCC)ccc1C. The monoisotopic (exact) mass is 300 g/mol. The molecule has 0 aromatic heterocycles. The van der Waals surface area contributed by atoms with Gasteiger partial charge in [0.1, 0.15) is 0 Å². The van der Waals surface area contributed by atoms with Crippen molar-refractivity contribution in [2.45, 2.75) is 59.8 Å². The summed E-state index contributed by atoms with van der Waals surface area (Å²) in [5, 5.41) is 1.15. The van der Waals surface area contributed by atoms with Crippen molar-refractivity contribution in [1.82, 2.24) is 0 Å². The lowest BCUT2D eigenvalue weighted by molar-refractivity contribution is 0.667. The summed E-state index contributed by atoms with van der Waals surface area (Å²) >= 11 is 0. The van der Waals surface area contributed by atoms with Crippen molar-refractivity contribution in [3.8, 4) is 0 Å². The van der Waals surface area contributed by atoms with Crippen LogP contribution in [0.25, 0.3) is 0 Å². The highest BCUT2D eigenvalue weighted by Gasteiger charge is 2.10. The molecule has 0 radical (unpaired) electrons. The maximum Gasteiger partial charge on any atom is 0.00912 e. The van der Waals surface area contributed by atoms with Crippen molar-refractivity contribution in [2.24, 2.45) is 0 Å². The molecule has 1 aromatic rings. The van der Waals surface area contributed by atoms with Gasteiger partial charge in [-0.3, -0.25) is 0 Å². The van der Waals surface area contributed by atoms with Crippen LogP contribution in [-0.2, 0) is 6.42 Å². The zero-order valence-corrected chi connectivity index (χ0v) is 15.1. The number of hydrogen-bond acceptors (Lipinski definition) is 0. The van der Waals surface area contributed by atoms with Gasteiger partial charge in [0.2, 0.25) is 0 Å². The molecule has 1 rings (SSSR count). The van der Waals surface area contributed by atoms with E-state index in [1.165, 1.54) is 54.4 Å². The average Bonchev–Trinajstić information content (AvgIpc) is 2.45. The van der Waals surface area contributed by atoms with Crippen molar-refractivity contribution in [1.29, 1.82) is 0 Å². The molecular formula is C20H29P. The third-order valence-electron chi connectivity index (χ3n) is 3.91. The van der Waals surface area contributed by atoms with Crippen molar-refractivity contribution in [2.75, 3.05) is 0 Å². The van der Waals surface area contributed by atoms with Crippen LogP contribution in [0, 0.1) is 6.92 Å². The molecular weight excluding hydrogens is 271 g/mol. The molecule has 0 unspecified atom stereocenters. The molecule has 0 nitrogen and oxygen atoms in total. The van der Waals surface area contributed by atoms with Gasteiger partial charge in [0, 0.05) is 5.29 Å². The van der Waals surface area contributed by atoms with Gasteiger partial charge in [0.25, 0.3) is 0 Å². The molecule has 21 heavy (non-hydrogen) atoms. The quantitative estimate of drug-likeness (QED) is 0.300. The lowest BCUT2D eigenvalue weighted by atomic mass is 9.93. The van der Waals surface area contributed by atoms with E-state index in [0.29, 0.717) is 0 Å². The van der Waals surface area contributed by atoms with Crippen molar-refractivity contribution >= 4 is 14.2 Å². The molecule has 0 saturated carbocycles. The molecule has 1 heteroatoms. The molecule has 0 aliphatic heterocycles. The Bertz CT molecular complexity index is 535. The van der Waals surface area contributed by atoms with E-state index in [1.807, 2.05) is 0 Å². The first-order valence-electron chi connectivity index (χ1n) is 8.02. The van der Waals surface area contributed by atoms with Crippen molar-refractivity contribution in [3.63, 3.8) is 0 Å². The van der Waals surface area contributed by atoms with E-state index in [-0.39, 0.29) is 0 Å². The second-order valence-electron chi connectivity index (χ2n) is 5.82. The van der Waals surface area contributed by atoms with Crippen molar-refractivity contribution < 1.29 is 0 Å². The van der Waals surface area contributed by atoms with E-state index in [1.54, 1.807) is 0 Å². The molecule has 0 amide bonds. The lowest BCUT2D eigenvalue weighted by Crippen LogP contribution is -2.05. The minimum absolute atomic E-state index is 1.09. The molecule has 0 atom stereocenters. The Balaban J connectivity index is 2.92. The molecule has 0 saturated heterocycles. The minimum Gasteiger partial charge on any atom is -0.113 e. The van der Waals surface area contributed by atoms with Crippen LogP contribution in [-0.4, -0.2) is 5.29 Å². The first-order valence-corrected chi connectivity index (χ1v) is 8.52. The Kier molecular flexibility index (Phi) is 7.68. The molecule has 0 heterocycles. The van der Waals surface area contributed by atoms with Crippen molar-refractivity contribution in [3.05, 3.63) is 58.7 Å². The predicted octanol–water partition coefficient (Wildman–Crippen LogP) is 6.30. The van der Waals surface area contributed by atoms with Crippen LogP contribution in [0.2, 0.25) is 0 Å². The van der Waals surface area contributed by atoms with Crippen LogP contribution >= 0.6 is 8.86 Å². The van der Waals surface area contributed by atoms with E-state index in [0.717, 1.165) is 10.9 Å². The van der Waals surface area contributed by atoms with Gasteiger partial charge in [-0.25, -0.2) is 0 Å². The highest BCUT2D eigenvalue weighted by Crippen LogP contribution is 2.22. The molecule has 114 valence electrons. The molecule has 0 bridgehead atoms. The summed E-state index contributed by atoms with van der Waals surface area (Å²) in [6, 6.07) is 6.83. The van der Waals surface area contributed by atoms with Gasteiger partial charge < -0.3 is 0 Å². The van der Waals surface area contributed by atoms with E-state index in [4.69, 9.17) is 0 Å².